The molecule has 37 heavy (non-hydrogen) atoms. The van der Waals surface area contributed by atoms with Gasteiger partial charge in [0.2, 0.25) is 0 Å². The summed E-state index contributed by atoms with van der Waals surface area (Å²) in [6.07, 6.45) is 7.72. The van der Waals surface area contributed by atoms with Gasteiger partial charge >= 0.3 is 59.1 Å². The van der Waals surface area contributed by atoms with Crippen molar-refractivity contribution in [3.8, 4) is 0 Å². The quantitative estimate of drug-likeness (QED) is 0.122. The van der Waals surface area contributed by atoms with Crippen LogP contribution in [0.15, 0.2) is 64.2 Å². The molecule has 1 rings (SSSR count). The molecule has 0 aliphatic carbocycles. The molecule has 1 aromatic rings. The van der Waals surface area contributed by atoms with Crippen LogP contribution in [-0.2, 0) is 23.5 Å². The molecule has 0 unspecified atom stereocenters. The number of methoxy groups -OCH3 is 4. The summed E-state index contributed by atoms with van der Waals surface area (Å²) in [5, 5.41) is 1.92. The van der Waals surface area contributed by atoms with Crippen molar-refractivity contribution in [3.05, 3.63) is 75.5 Å². The number of hydrogen-bond donors (Lipinski definition) is 0. The summed E-state index contributed by atoms with van der Waals surface area (Å²) in [5.74, 6) is 2.03. The van der Waals surface area contributed by atoms with Crippen molar-refractivity contribution in [1.29, 1.82) is 0 Å². The maximum Gasteiger partial charge on any atom is 1.00 e. The number of hydrogen-bond acceptors (Lipinski definition) is 10. The van der Waals surface area contributed by atoms with E-state index in [2.05, 4.69) is 11.0 Å². The smallest absolute Gasteiger partial charge is 0.803 e. The average molecular weight is 588 g/mol. The van der Waals surface area contributed by atoms with E-state index in [1.807, 2.05) is 37.5 Å². The molecular formula is C24H32NNa2O7PS2. The SMILES string of the molecule is C=C/C(OC)=C(\C/C=C(\CC)c1csnc1C(/C=C(\C)OC)=C/C(OC)=C(\C)OC)SP(=O)([O-])[O-].[Na+].[Na+]. The maximum absolute atomic E-state index is 11.4. The summed E-state index contributed by atoms with van der Waals surface area (Å²) >= 11 is 1.53. The first kappa shape index (κ1) is 38.9. The fourth-order valence-corrected chi connectivity index (χ4v) is 5.68. The molecule has 13 heteroatoms. The third-order valence-electron chi connectivity index (χ3n) is 4.85. The third-order valence-corrected chi connectivity index (χ3v) is 7.62. The van der Waals surface area contributed by atoms with Crippen LogP contribution in [0.25, 0.3) is 11.1 Å². The van der Waals surface area contributed by atoms with E-state index in [-0.39, 0.29) is 87.6 Å². The summed E-state index contributed by atoms with van der Waals surface area (Å²) in [5.41, 5.74) is 3.22. The molecule has 0 saturated carbocycles. The van der Waals surface area contributed by atoms with E-state index in [0.29, 0.717) is 29.4 Å². The largest absolute Gasteiger partial charge is 1.00 e. The number of allylic oxidation sites excluding steroid dienone is 9. The van der Waals surface area contributed by atoms with Crippen LogP contribution in [0.5, 0.6) is 0 Å². The maximum atomic E-state index is 11.4. The van der Waals surface area contributed by atoms with E-state index in [1.54, 1.807) is 28.3 Å². The molecule has 0 fully saturated rings. The number of ether oxygens (including phenoxy) is 4. The second kappa shape index (κ2) is 19.8. The molecule has 0 N–H and O–H groups in total. The molecular weight excluding hydrogens is 555 g/mol. The first-order chi connectivity index (χ1) is 16.5. The van der Waals surface area contributed by atoms with Crippen LogP contribution in [0.2, 0.25) is 0 Å². The Morgan fingerprint density at radius 1 is 1.08 bits per heavy atom. The Hall–Kier alpha value is -0.230. The standard InChI is InChI=1S/C24H34NO7PS2.2Na/c1-9-18(11-12-23(21(10-2)31-7)35-33(26,27)28)20-15-34-25-24(20)19(13-16(3)29-5)14-22(32-8)17(4)30-6;;/h10-11,13-15H,2,9,12H2,1,3-8H3,(H2,26,27,28);;/q;2*+1/p-2/b16-13+,18-11+,19-14+,22-17-,23-21-;;. The molecule has 0 aliphatic heterocycles. The van der Waals surface area contributed by atoms with Crippen molar-refractivity contribution in [2.45, 2.75) is 33.6 Å². The van der Waals surface area contributed by atoms with Crippen molar-refractivity contribution in [3.63, 3.8) is 0 Å². The third kappa shape index (κ3) is 13.1. The molecule has 0 atom stereocenters. The summed E-state index contributed by atoms with van der Waals surface area (Å²) in [6.45, 7) is 4.37. The predicted octanol–water partition coefficient (Wildman–Crippen LogP) is -0.602. The number of rotatable bonds is 14. The van der Waals surface area contributed by atoms with E-state index in [4.69, 9.17) is 18.9 Å². The topological polar surface area (TPSA) is 113 Å². The molecule has 0 spiro atoms. The molecule has 0 radical (unpaired) electrons. The Labute approximate surface area is 272 Å². The van der Waals surface area contributed by atoms with Crippen LogP contribution >= 0.6 is 29.7 Å². The summed E-state index contributed by atoms with van der Waals surface area (Å²) in [4.78, 5) is 23.1. The Balaban J connectivity index is 0. The van der Waals surface area contributed by atoms with Crippen molar-refractivity contribution in [2.75, 3.05) is 28.4 Å². The minimum absolute atomic E-state index is 0. The molecule has 194 valence electrons. The zero-order valence-electron chi connectivity index (χ0n) is 23.1. The first-order valence-corrected chi connectivity index (χ1v) is 14.3. The predicted molar refractivity (Wildman–Crippen MR) is 140 cm³/mol. The normalized spacial score (nSPS) is 13.9. The Bertz CT molecular complexity index is 1090. The van der Waals surface area contributed by atoms with Gasteiger partial charge < -0.3 is 33.3 Å². The molecule has 0 aromatic carbocycles. The fraction of sp³-hybridized carbons (Fsp3) is 0.375. The van der Waals surface area contributed by atoms with Gasteiger partial charge in [-0.05, 0) is 62.4 Å². The van der Waals surface area contributed by atoms with Gasteiger partial charge in [0.15, 0.2) is 5.76 Å². The number of aromatic nitrogens is 1. The molecule has 1 heterocycles. The van der Waals surface area contributed by atoms with Gasteiger partial charge in [0.25, 0.3) is 0 Å². The van der Waals surface area contributed by atoms with Crippen molar-refractivity contribution < 1.29 is 92.4 Å². The molecule has 8 nitrogen and oxygen atoms in total. The van der Waals surface area contributed by atoms with Gasteiger partial charge in [0.05, 0.1) is 39.9 Å². The van der Waals surface area contributed by atoms with Crippen molar-refractivity contribution >= 4 is 40.9 Å². The van der Waals surface area contributed by atoms with E-state index in [0.717, 1.165) is 16.7 Å². The zero-order chi connectivity index (χ0) is 26.6. The molecule has 0 bridgehead atoms. The zero-order valence-corrected chi connectivity index (χ0v) is 29.6. The minimum Gasteiger partial charge on any atom is -0.803 e. The van der Waals surface area contributed by atoms with Gasteiger partial charge in [0.1, 0.15) is 11.5 Å². The molecule has 0 saturated heterocycles. The first-order valence-electron chi connectivity index (χ1n) is 10.5. The van der Waals surface area contributed by atoms with E-state index in [1.165, 1.54) is 24.7 Å². The van der Waals surface area contributed by atoms with Gasteiger partial charge in [-0.25, -0.2) is 0 Å². The van der Waals surface area contributed by atoms with Crippen LogP contribution in [0.3, 0.4) is 0 Å². The van der Waals surface area contributed by atoms with Crippen LogP contribution in [0, 0.1) is 0 Å². The van der Waals surface area contributed by atoms with Crippen molar-refractivity contribution in [2.24, 2.45) is 0 Å². The van der Waals surface area contributed by atoms with Gasteiger partial charge in [-0.3, -0.25) is 0 Å². The summed E-state index contributed by atoms with van der Waals surface area (Å²) in [7, 11) is 6.10. The van der Waals surface area contributed by atoms with Crippen LogP contribution < -0.4 is 68.9 Å². The van der Waals surface area contributed by atoms with Crippen LogP contribution in [-0.4, -0.2) is 32.8 Å². The van der Waals surface area contributed by atoms with Gasteiger partial charge in [0, 0.05) is 27.8 Å². The molecule has 1 aromatic heterocycles. The Morgan fingerprint density at radius 2 is 1.70 bits per heavy atom. The second-order valence-electron chi connectivity index (χ2n) is 6.99. The molecule has 0 amide bonds. The van der Waals surface area contributed by atoms with E-state index in [9.17, 15) is 14.4 Å². The average Bonchev–Trinajstić information content (AvgIpc) is 3.30. The second-order valence-corrected chi connectivity index (χ2v) is 11.1. The van der Waals surface area contributed by atoms with Gasteiger partial charge in [-0.15, -0.1) is 0 Å². The van der Waals surface area contributed by atoms with Crippen LogP contribution in [0.1, 0.15) is 44.9 Å². The van der Waals surface area contributed by atoms with Gasteiger partial charge in [-0.1, -0.05) is 31.0 Å². The Morgan fingerprint density at radius 3 is 2.16 bits per heavy atom. The van der Waals surface area contributed by atoms with Crippen LogP contribution in [0.4, 0.5) is 0 Å². The summed E-state index contributed by atoms with van der Waals surface area (Å²) in [6, 6.07) is 0. The minimum atomic E-state index is -4.88. The van der Waals surface area contributed by atoms with Crippen molar-refractivity contribution in [1.82, 2.24) is 4.37 Å². The van der Waals surface area contributed by atoms with E-state index < -0.39 is 6.80 Å². The van der Waals surface area contributed by atoms with E-state index >= 15 is 0 Å². The summed E-state index contributed by atoms with van der Waals surface area (Å²) < 4.78 is 37.4. The molecule has 0 aliphatic rings. The number of nitrogens with zero attached hydrogens (tertiary/aromatic N) is 1. The van der Waals surface area contributed by atoms with Gasteiger partial charge in [-0.2, -0.15) is 4.37 Å². The Kier molecular flexibility index (Phi) is 20.8. The fourth-order valence-electron chi connectivity index (χ4n) is 2.96. The monoisotopic (exact) mass is 587 g/mol.